The number of hydrogen-bond donors (Lipinski definition) is 0. The van der Waals surface area contributed by atoms with Crippen LogP contribution in [0, 0.1) is 5.92 Å². The van der Waals surface area contributed by atoms with E-state index in [0.717, 1.165) is 10.6 Å². The van der Waals surface area contributed by atoms with Gasteiger partial charge in [0.2, 0.25) is 0 Å². The standard InChI is InChI=1S/C17H17ClS/c1-13(2)17(19-15-11-7-4-8-12-15)16(18)14-9-5-3-6-10-14/h3-13H,1-2H3/b17-16+. The Kier molecular flexibility index (Phi) is 5.12. The van der Waals surface area contributed by atoms with Crippen molar-refractivity contribution in [3.8, 4) is 0 Å². The summed E-state index contributed by atoms with van der Waals surface area (Å²) in [6.07, 6.45) is 0. The zero-order valence-corrected chi connectivity index (χ0v) is 12.7. The second kappa shape index (κ2) is 6.83. The van der Waals surface area contributed by atoms with Crippen LogP contribution in [0.15, 0.2) is 70.5 Å². The zero-order valence-electron chi connectivity index (χ0n) is 11.1. The van der Waals surface area contributed by atoms with Crippen molar-refractivity contribution in [1.29, 1.82) is 0 Å². The van der Waals surface area contributed by atoms with Crippen LogP contribution in [0.2, 0.25) is 0 Å². The summed E-state index contributed by atoms with van der Waals surface area (Å²) in [5.41, 5.74) is 1.08. The van der Waals surface area contributed by atoms with Crippen LogP contribution in [0.5, 0.6) is 0 Å². The fourth-order valence-corrected chi connectivity index (χ4v) is 3.21. The number of allylic oxidation sites excluding steroid dienone is 1. The SMILES string of the molecule is CC(C)/C(Sc1ccccc1)=C(\Cl)c1ccccc1. The molecule has 0 aliphatic heterocycles. The Hall–Kier alpha value is -1.18. The second-order valence-electron chi connectivity index (χ2n) is 4.61. The van der Waals surface area contributed by atoms with Crippen molar-refractivity contribution in [3.63, 3.8) is 0 Å². The molecule has 0 amide bonds. The van der Waals surface area contributed by atoms with E-state index in [1.54, 1.807) is 11.8 Å². The van der Waals surface area contributed by atoms with Gasteiger partial charge in [-0.1, -0.05) is 85.7 Å². The molecule has 2 heteroatoms. The molecule has 0 saturated carbocycles. The fraction of sp³-hybridized carbons (Fsp3) is 0.176. The van der Waals surface area contributed by atoms with Crippen molar-refractivity contribution in [1.82, 2.24) is 0 Å². The lowest BCUT2D eigenvalue weighted by atomic mass is 10.1. The molecular formula is C17H17ClS. The first kappa shape index (κ1) is 14.2. The Morgan fingerprint density at radius 3 is 1.95 bits per heavy atom. The molecule has 0 aliphatic carbocycles. The zero-order chi connectivity index (χ0) is 13.7. The maximum absolute atomic E-state index is 6.58. The molecule has 0 aromatic heterocycles. The summed E-state index contributed by atoms with van der Waals surface area (Å²) in [6, 6.07) is 20.5. The van der Waals surface area contributed by atoms with E-state index >= 15 is 0 Å². The van der Waals surface area contributed by atoms with Gasteiger partial charge in [0, 0.05) is 9.80 Å². The Balaban J connectivity index is 2.35. The van der Waals surface area contributed by atoms with Gasteiger partial charge in [-0.2, -0.15) is 0 Å². The minimum atomic E-state index is 0.401. The van der Waals surface area contributed by atoms with Crippen LogP contribution < -0.4 is 0 Å². The summed E-state index contributed by atoms with van der Waals surface area (Å²) in [6.45, 7) is 4.35. The first-order valence-electron chi connectivity index (χ1n) is 6.36. The summed E-state index contributed by atoms with van der Waals surface area (Å²) in [5.74, 6) is 0.401. The molecule has 0 unspecified atom stereocenters. The van der Waals surface area contributed by atoms with Crippen molar-refractivity contribution in [2.75, 3.05) is 0 Å². The minimum Gasteiger partial charge on any atom is -0.0927 e. The van der Waals surface area contributed by atoms with Gasteiger partial charge in [0.05, 0.1) is 5.03 Å². The Bertz CT molecular complexity index is 544. The van der Waals surface area contributed by atoms with E-state index in [0.29, 0.717) is 5.92 Å². The van der Waals surface area contributed by atoms with Crippen LogP contribution >= 0.6 is 23.4 Å². The van der Waals surface area contributed by atoms with E-state index in [-0.39, 0.29) is 0 Å². The predicted molar refractivity (Wildman–Crippen MR) is 86.4 cm³/mol. The Morgan fingerprint density at radius 1 is 0.895 bits per heavy atom. The normalized spacial score (nSPS) is 12.4. The summed E-state index contributed by atoms with van der Waals surface area (Å²) in [7, 11) is 0. The van der Waals surface area contributed by atoms with Crippen molar-refractivity contribution < 1.29 is 0 Å². The van der Waals surface area contributed by atoms with Gasteiger partial charge in [-0.25, -0.2) is 0 Å². The first-order valence-corrected chi connectivity index (χ1v) is 7.56. The van der Waals surface area contributed by atoms with Gasteiger partial charge in [0.1, 0.15) is 0 Å². The highest BCUT2D eigenvalue weighted by Crippen LogP contribution is 2.39. The van der Waals surface area contributed by atoms with Crippen LogP contribution in [0.4, 0.5) is 0 Å². The highest BCUT2D eigenvalue weighted by atomic mass is 35.5. The molecule has 0 N–H and O–H groups in total. The highest BCUT2D eigenvalue weighted by Gasteiger charge is 2.12. The average Bonchev–Trinajstić information content (AvgIpc) is 2.46. The smallest absolute Gasteiger partial charge is 0.0579 e. The van der Waals surface area contributed by atoms with E-state index in [1.165, 1.54) is 9.80 Å². The molecule has 2 rings (SSSR count). The molecular weight excluding hydrogens is 272 g/mol. The molecule has 19 heavy (non-hydrogen) atoms. The lowest BCUT2D eigenvalue weighted by Crippen LogP contribution is -1.93. The van der Waals surface area contributed by atoms with E-state index in [2.05, 4.69) is 50.2 Å². The number of benzene rings is 2. The maximum Gasteiger partial charge on any atom is 0.0579 e. The van der Waals surface area contributed by atoms with Gasteiger partial charge < -0.3 is 0 Å². The molecule has 0 nitrogen and oxygen atoms in total. The first-order chi connectivity index (χ1) is 9.18. The number of hydrogen-bond acceptors (Lipinski definition) is 1. The molecule has 0 bridgehead atoms. The van der Waals surface area contributed by atoms with Gasteiger partial charge in [0.15, 0.2) is 0 Å². The molecule has 98 valence electrons. The maximum atomic E-state index is 6.58. The third-order valence-corrected chi connectivity index (χ3v) is 4.68. The van der Waals surface area contributed by atoms with Crippen molar-refractivity contribution >= 4 is 28.4 Å². The van der Waals surface area contributed by atoms with Crippen LogP contribution in [0.3, 0.4) is 0 Å². The monoisotopic (exact) mass is 288 g/mol. The topological polar surface area (TPSA) is 0 Å². The Morgan fingerprint density at radius 2 is 1.42 bits per heavy atom. The molecule has 0 fully saturated rings. The van der Waals surface area contributed by atoms with Crippen molar-refractivity contribution in [2.24, 2.45) is 5.92 Å². The molecule has 0 spiro atoms. The van der Waals surface area contributed by atoms with Gasteiger partial charge in [-0.05, 0) is 23.6 Å². The Labute approximate surface area is 124 Å². The third-order valence-electron chi connectivity index (χ3n) is 2.74. The largest absolute Gasteiger partial charge is 0.0927 e. The van der Waals surface area contributed by atoms with Gasteiger partial charge in [-0.3, -0.25) is 0 Å². The lowest BCUT2D eigenvalue weighted by molar-refractivity contribution is 0.820. The molecule has 0 aliphatic rings. The molecule has 0 saturated heterocycles. The average molecular weight is 289 g/mol. The quantitative estimate of drug-likeness (QED) is 0.618. The van der Waals surface area contributed by atoms with Gasteiger partial charge in [-0.15, -0.1) is 0 Å². The van der Waals surface area contributed by atoms with Crippen molar-refractivity contribution in [3.05, 3.63) is 71.1 Å². The van der Waals surface area contributed by atoms with E-state index in [9.17, 15) is 0 Å². The molecule has 0 radical (unpaired) electrons. The van der Waals surface area contributed by atoms with Crippen LogP contribution in [-0.4, -0.2) is 0 Å². The second-order valence-corrected chi connectivity index (χ2v) is 6.11. The number of rotatable bonds is 4. The lowest BCUT2D eigenvalue weighted by Gasteiger charge is -2.14. The molecule has 2 aromatic rings. The number of halogens is 1. The fourth-order valence-electron chi connectivity index (χ4n) is 1.76. The molecule has 2 aromatic carbocycles. The number of thioether (sulfide) groups is 1. The van der Waals surface area contributed by atoms with Gasteiger partial charge >= 0.3 is 0 Å². The third kappa shape index (κ3) is 3.89. The summed E-state index contributed by atoms with van der Waals surface area (Å²) in [4.78, 5) is 2.43. The summed E-state index contributed by atoms with van der Waals surface area (Å²) in [5, 5.41) is 0.851. The van der Waals surface area contributed by atoms with Crippen LogP contribution in [0.1, 0.15) is 19.4 Å². The summed E-state index contributed by atoms with van der Waals surface area (Å²) < 4.78 is 0. The van der Waals surface area contributed by atoms with Crippen LogP contribution in [0.25, 0.3) is 5.03 Å². The predicted octanol–water partition coefficient (Wildman–Crippen LogP) is 6.04. The minimum absolute atomic E-state index is 0.401. The van der Waals surface area contributed by atoms with E-state index in [4.69, 9.17) is 11.6 Å². The van der Waals surface area contributed by atoms with E-state index in [1.807, 2.05) is 24.3 Å². The van der Waals surface area contributed by atoms with E-state index < -0.39 is 0 Å². The molecule has 0 atom stereocenters. The summed E-state index contributed by atoms with van der Waals surface area (Å²) >= 11 is 8.32. The van der Waals surface area contributed by atoms with Crippen LogP contribution in [-0.2, 0) is 0 Å². The highest BCUT2D eigenvalue weighted by molar-refractivity contribution is 8.03. The van der Waals surface area contributed by atoms with Crippen molar-refractivity contribution in [2.45, 2.75) is 18.7 Å². The molecule has 0 heterocycles. The van der Waals surface area contributed by atoms with Gasteiger partial charge in [0.25, 0.3) is 0 Å².